The van der Waals surface area contributed by atoms with Crippen LogP contribution in [0.3, 0.4) is 0 Å². The van der Waals surface area contributed by atoms with Gasteiger partial charge in [0.25, 0.3) is 0 Å². The molecule has 3 aliphatic heterocycles. The van der Waals surface area contributed by atoms with Crippen molar-refractivity contribution < 1.29 is 14.3 Å². The molecule has 0 N–H and O–H groups in total. The molecule has 25 heavy (non-hydrogen) atoms. The van der Waals surface area contributed by atoms with Crippen LogP contribution < -0.4 is 0 Å². The number of ether oxygens (including phenoxy) is 1. The Hall–Kier alpha value is -2.41. The van der Waals surface area contributed by atoms with Gasteiger partial charge in [0.15, 0.2) is 5.72 Å². The minimum atomic E-state index is -0.567. The molecule has 3 saturated heterocycles. The lowest BCUT2D eigenvalue weighted by atomic mass is 10.1. The zero-order valence-electron chi connectivity index (χ0n) is 14.1. The number of carbonyl (C=O) groups excluding carboxylic acids is 2. The lowest BCUT2D eigenvalue weighted by Gasteiger charge is -2.31. The summed E-state index contributed by atoms with van der Waals surface area (Å²) in [4.78, 5) is 33.3. The summed E-state index contributed by atoms with van der Waals surface area (Å²) in [5.41, 5.74) is 2.27. The summed E-state index contributed by atoms with van der Waals surface area (Å²) in [5.74, 6) is 0.140. The van der Waals surface area contributed by atoms with Crippen LogP contribution in [0.4, 0.5) is 0 Å². The Kier molecular flexibility index (Phi) is 3.01. The number of nitrogens with zero attached hydrogens (tertiary/aromatic N) is 4. The van der Waals surface area contributed by atoms with Crippen molar-refractivity contribution in [3.8, 4) is 0 Å². The third-order valence-electron chi connectivity index (χ3n) is 5.86. The highest BCUT2D eigenvalue weighted by atomic mass is 16.5. The molecule has 2 atom stereocenters. The molecular weight excluding hydrogens is 320 g/mol. The minimum absolute atomic E-state index is 0.0373. The van der Waals surface area contributed by atoms with Crippen LogP contribution in [0.1, 0.15) is 24.1 Å². The predicted molar refractivity (Wildman–Crippen MR) is 88.8 cm³/mol. The third kappa shape index (κ3) is 1.93. The number of amides is 2. The van der Waals surface area contributed by atoms with Gasteiger partial charge in [0.05, 0.1) is 31.2 Å². The lowest BCUT2D eigenvalue weighted by molar-refractivity contribution is -0.139. The molecular formula is C18H20N4O3. The molecule has 2 aromatic rings. The molecule has 3 fully saturated rings. The Bertz CT molecular complexity index is 892. The molecule has 0 unspecified atom stereocenters. The van der Waals surface area contributed by atoms with Crippen LogP contribution in [0, 0.1) is 6.92 Å². The van der Waals surface area contributed by atoms with Crippen molar-refractivity contribution in [3.05, 3.63) is 35.8 Å². The van der Waals surface area contributed by atoms with Gasteiger partial charge in [0.1, 0.15) is 5.65 Å². The van der Waals surface area contributed by atoms with Gasteiger partial charge in [-0.1, -0.05) is 6.07 Å². The van der Waals surface area contributed by atoms with E-state index in [2.05, 4.69) is 4.98 Å². The summed E-state index contributed by atoms with van der Waals surface area (Å²) >= 11 is 0. The van der Waals surface area contributed by atoms with E-state index in [1.54, 1.807) is 6.20 Å². The molecule has 7 nitrogen and oxygen atoms in total. The highest BCUT2D eigenvalue weighted by Gasteiger charge is 2.62. The first kappa shape index (κ1) is 14.9. The standard InChI is InChI=1S/C18H20N4O3/c1-12-3-2-5-20-13(11-19-17(12)20)9-15(23)21-6-4-18-14(21)10-16(24)22(18)7-8-25-18/h2-3,5,11,14H,4,6-10H2,1H3/t14-,18+/m1/s1. The fraction of sp³-hybridized carbons (Fsp3) is 0.500. The number of likely N-dealkylation sites (tertiary alicyclic amines) is 1. The summed E-state index contributed by atoms with van der Waals surface area (Å²) in [7, 11) is 0. The molecule has 0 aromatic carbocycles. The second kappa shape index (κ2) is 5.05. The van der Waals surface area contributed by atoms with Gasteiger partial charge in [-0.2, -0.15) is 0 Å². The molecule has 2 aromatic heterocycles. The molecule has 1 spiro atoms. The van der Waals surface area contributed by atoms with Crippen molar-refractivity contribution in [1.82, 2.24) is 19.2 Å². The van der Waals surface area contributed by atoms with Crippen LogP contribution in [0.5, 0.6) is 0 Å². The molecule has 0 aliphatic carbocycles. The number of fused-ring (bicyclic) bond motifs is 1. The van der Waals surface area contributed by atoms with E-state index in [0.717, 1.165) is 16.9 Å². The van der Waals surface area contributed by atoms with Gasteiger partial charge in [0, 0.05) is 31.9 Å². The first-order valence-electron chi connectivity index (χ1n) is 8.75. The highest BCUT2D eigenvalue weighted by molar-refractivity contribution is 5.85. The van der Waals surface area contributed by atoms with Crippen molar-refractivity contribution in [2.24, 2.45) is 0 Å². The smallest absolute Gasteiger partial charge is 0.229 e. The van der Waals surface area contributed by atoms with E-state index in [-0.39, 0.29) is 24.3 Å². The maximum absolute atomic E-state index is 13.0. The predicted octanol–water partition coefficient (Wildman–Crippen LogP) is 0.745. The van der Waals surface area contributed by atoms with Crippen LogP contribution >= 0.6 is 0 Å². The number of aromatic nitrogens is 2. The highest BCUT2D eigenvalue weighted by Crippen LogP contribution is 2.45. The van der Waals surface area contributed by atoms with Crippen molar-refractivity contribution in [3.63, 3.8) is 0 Å². The Labute approximate surface area is 145 Å². The quantitative estimate of drug-likeness (QED) is 0.809. The molecule has 5 rings (SSSR count). The van der Waals surface area contributed by atoms with Gasteiger partial charge < -0.3 is 18.9 Å². The summed E-state index contributed by atoms with van der Waals surface area (Å²) in [6.45, 7) is 3.86. The average Bonchev–Trinajstić information content (AvgIpc) is 3.31. The molecule has 130 valence electrons. The van der Waals surface area contributed by atoms with Gasteiger partial charge >= 0.3 is 0 Å². The van der Waals surface area contributed by atoms with E-state index in [0.29, 0.717) is 32.5 Å². The summed E-state index contributed by atoms with van der Waals surface area (Å²) in [5, 5.41) is 0. The fourth-order valence-electron chi connectivity index (χ4n) is 4.68. The average molecular weight is 340 g/mol. The fourth-order valence-corrected chi connectivity index (χ4v) is 4.68. The Morgan fingerprint density at radius 1 is 1.44 bits per heavy atom. The zero-order valence-corrected chi connectivity index (χ0v) is 14.1. The van der Waals surface area contributed by atoms with Gasteiger partial charge in [-0.05, 0) is 18.6 Å². The zero-order chi connectivity index (χ0) is 17.2. The molecule has 5 heterocycles. The van der Waals surface area contributed by atoms with Crippen LogP contribution in [0.25, 0.3) is 5.65 Å². The van der Waals surface area contributed by atoms with Crippen LogP contribution in [-0.2, 0) is 20.7 Å². The van der Waals surface area contributed by atoms with Crippen molar-refractivity contribution in [1.29, 1.82) is 0 Å². The first-order valence-corrected chi connectivity index (χ1v) is 8.75. The minimum Gasteiger partial charge on any atom is -0.351 e. The van der Waals surface area contributed by atoms with E-state index >= 15 is 0 Å². The van der Waals surface area contributed by atoms with Gasteiger partial charge in [0.2, 0.25) is 11.8 Å². The molecule has 0 bridgehead atoms. The number of carbonyl (C=O) groups is 2. The Morgan fingerprint density at radius 2 is 2.32 bits per heavy atom. The summed E-state index contributed by atoms with van der Waals surface area (Å²) < 4.78 is 7.92. The second-order valence-electron chi connectivity index (χ2n) is 7.11. The Balaban J connectivity index is 1.42. The molecule has 0 radical (unpaired) electrons. The monoisotopic (exact) mass is 340 g/mol. The molecule has 0 saturated carbocycles. The largest absolute Gasteiger partial charge is 0.351 e. The topological polar surface area (TPSA) is 67.2 Å². The van der Waals surface area contributed by atoms with E-state index < -0.39 is 5.72 Å². The SMILES string of the molecule is Cc1cccn2c(CC(=O)N3CC[C@@]45OCCN4C(=O)C[C@@H]35)cnc12. The summed E-state index contributed by atoms with van der Waals surface area (Å²) in [6.07, 6.45) is 5.07. The van der Waals surface area contributed by atoms with Crippen LogP contribution in [0.15, 0.2) is 24.5 Å². The molecule has 3 aliphatic rings. The maximum atomic E-state index is 13.0. The number of hydrogen-bond donors (Lipinski definition) is 0. The molecule has 7 heteroatoms. The Morgan fingerprint density at radius 3 is 3.20 bits per heavy atom. The number of rotatable bonds is 2. The van der Waals surface area contributed by atoms with Gasteiger partial charge in [-0.3, -0.25) is 9.59 Å². The molecule has 2 amide bonds. The number of aryl methyl sites for hydroxylation is 1. The van der Waals surface area contributed by atoms with E-state index in [1.165, 1.54) is 0 Å². The van der Waals surface area contributed by atoms with Crippen LogP contribution in [0.2, 0.25) is 0 Å². The summed E-state index contributed by atoms with van der Waals surface area (Å²) in [6, 6.07) is 3.81. The third-order valence-corrected chi connectivity index (χ3v) is 5.86. The first-order chi connectivity index (χ1) is 12.1. The van der Waals surface area contributed by atoms with E-state index in [9.17, 15) is 9.59 Å². The second-order valence-corrected chi connectivity index (χ2v) is 7.11. The maximum Gasteiger partial charge on any atom is 0.229 e. The number of imidazole rings is 1. The number of hydrogen-bond acceptors (Lipinski definition) is 4. The van der Waals surface area contributed by atoms with Gasteiger partial charge in [-0.15, -0.1) is 0 Å². The lowest BCUT2D eigenvalue weighted by Crippen LogP contribution is -2.49. The number of pyridine rings is 1. The van der Waals surface area contributed by atoms with Crippen molar-refractivity contribution in [2.75, 3.05) is 19.7 Å². The van der Waals surface area contributed by atoms with Crippen molar-refractivity contribution >= 4 is 17.5 Å². The van der Waals surface area contributed by atoms with Crippen molar-refractivity contribution in [2.45, 2.75) is 38.0 Å². The van der Waals surface area contributed by atoms with E-state index in [4.69, 9.17) is 4.74 Å². The van der Waals surface area contributed by atoms with Crippen LogP contribution in [-0.4, -0.2) is 62.5 Å². The van der Waals surface area contributed by atoms with E-state index in [1.807, 2.05) is 39.5 Å². The normalized spacial score (nSPS) is 28.0. The van der Waals surface area contributed by atoms with Gasteiger partial charge in [-0.25, -0.2) is 4.98 Å².